The molecule has 0 spiro atoms. The maximum absolute atomic E-state index is 10.6. The Morgan fingerprint density at radius 2 is 2.08 bits per heavy atom. The molecule has 0 atom stereocenters. The molecule has 0 N–H and O–H groups in total. The van der Waals surface area contributed by atoms with Gasteiger partial charge in [0, 0.05) is 0 Å². The Kier molecular flexibility index (Phi) is 4.57. The summed E-state index contributed by atoms with van der Waals surface area (Å²) in [6, 6.07) is 10.1. The van der Waals surface area contributed by atoms with Gasteiger partial charge in [0.2, 0.25) is 5.16 Å². The normalized spacial score (nSPS) is 11.0. The van der Waals surface area contributed by atoms with E-state index in [1.165, 1.54) is 23.9 Å². The van der Waals surface area contributed by atoms with Crippen molar-refractivity contribution in [2.45, 2.75) is 5.16 Å². The van der Waals surface area contributed by atoms with Crippen molar-refractivity contribution in [1.29, 1.82) is 0 Å². The quantitative estimate of drug-likeness (QED) is 0.381. The van der Waals surface area contributed by atoms with E-state index < -0.39 is 4.92 Å². The molecule has 10 heteroatoms. The molecule has 0 saturated carbocycles. The lowest BCUT2D eigenvalue weighted by molar-refractivity contribution is -0.402. The van der Waals surface area contributed by atoms with Crippen LogP contribution in [-0.4, -0.2) is 32.2 Å². The molecule has 0 unspecified atom stereocenters. The van der Waals surface area contributed by atoms with Crippen molar-refractivity contribution < 1.29 is 14.1 Å². The smallest absolute Gasteiger partial charge is 0.433 e. The highest BCUT2D eigenvalue weighted by atomic mass is 32.2. The second-order valence-electron chi connectivity index (χ2n) is 4.43. The first-order valence-corrected chi connectivity index (χ1v) is 7.55. The minimum absolute atomic E-state index is 0.303. The Labute approximate surface area is 140 Å². The van der Waals surface area contributed by atoms with Gasteiger partial charge in [-0.2, -0.15) is 4.68 Å². The number of hydrogen-bond acceptors (Lipinski definition) is 8. The number of hydrogen-bond donors (Lipinski definition) is 0. The zero-order valence-electron chi connectivity index (χ0n) is 12.4. The van der Waals surface area contributed by atoms with Gasteiger partial charge < -0.3 is 9.15 Å². The Morgan fingerprint density at radius 1 is 1.29 bits per heavy atom. The highest BCUT2D eigenvalue weighted by molar-refractivity contribution is 8.02. The predicted octanol–water partition coefficient (Wildman–Crippen LogP) is 2.94. The number of aromatic nitrogens is 4. The summed E-state index contributed by atoms with van der Waals surface area (Å²) in [5.74, 6) is 0.806. The fourth-order valence-electron chi connectivity index (χ4n) is 1.83. The summed E-state index contributed by atoms with van der Waals surface area (Å²) in [5, 5.41) is 24.3. The molecule has 0 aliphatic carbocycles. The predicted molar refractivity (Wildman–Crippen MR) is 86.0 cm³/mol. The second kappa shape index (κ2) is 6.96. The van der Waals surface area contributed by atoms with Crippen LogP contribution in [0.4, 0.5) is 5.88 Å². The molecular formula is C14H11N5O4S. The lowest BCUT2D eigenvalue weighted by Crippen LogP contribution is -1.98. The highest BCUT2D eigenvalue weighted by Crippen LogP contribution is 2.23. The number of nitro groups is 1. The van der Waals surface area contributed by atoms with E-state index in [2.05, 4.69) is 15.5 Å². The molecule has 3 aromatic rings. The maximum atomic E-state index is 10.6. The molecule has 1 aromatic carbocycles. The largest absolute Gasteiger partial charge is 0.497 e. The average Bonchev–Trinajstić information content (AvgIpc) is 3.24. The lowest BCUT2D eigenvalue weighted by atomic mass is 10.3. The standard InChI is InChI=1S/C14H11N5O4S/c1-22-11-4-2-10(3-5-11)18-14(15-16-17-18)24-9-8-12-6-7-13(23-12)19(20)21/h2-9H,1H3/b9-8+. The van der Waals surface area contributed by atoms with Crippen LogP contribution < -0.4 is 4.74 Å². The van der Waals surface area contributed by atoms with Gasteiger partial charge >= 0.3 is 5.88 Å². The monoisotopic (exact) mass is 345 g/mol. The molecule has 0 aliphatic rings. The van der Waals surface area contributed by atoms with E-state index >= 15 is 0 Å². The van der Waals surface area contributed by atoms with Crippen LogP contribution in [0.2, 0.25) is 0 Å². The molecule has 0 radical (unpaired) electrons. The van der Waals surface area contributed by atoms with Gasteiger partial charge in [-0.3, -0.25) is 10.1 Å². The lowest BCUT2D eigenvalue weighted by Gasteiger charge is -2.03. The van der Waals surface area contributed by atoms with Crippen LogP contribution in [0.3, 0.4) is 0 Å². The number of benzene rings is 1. The van der Waals surface area contributed by atoms with Crippen LogP contribution in [-0.2, 0) is 0 Å². The third-order valence-electron chi connectivity index (χ3n) is 2.96. The average molecular weight is 345 g/mol. The molecule has 0 fully saturated rings. The zero-order chi connectivity index (χ0) is 16.9. The number of thioether (sulfide) groups is 1. The van der Waals surface area contributed by atoms with E-state index in [0.717, 1.165) is 11.4 Å². The molecule has 122 valence electrons. The van der Waals surface area contributed by atoms with Crippen molar-refractivity contribution in [1.82, 2.24) is 20.2 Å². The molecule has 24 heavy (non-hydrogen) atoms. The summed E-state index contributed by atoms with van der Waals surface area (Å²) in [6.07, 6.45) is 1.60. The summed E-state index contributed by atoms with van der Waals surface area (Å²) in [4.78, 5) is 9.98. The van der Waals surface area contributed by atoms with Crippen LogP contribution in [0, 0.1) is 10.1 Å². The summed E-state index contributed by atoms with van der Waals surface area (Å²) in [5.41, 5.74) is 0.783. The van der Waals surface area contributed by atoms with Crippen LogP contribution in [0.1, 0.15) is 5.76 Å². The number of nitrogens with zero attached hydrogens (tertiary/aromatic N) is 5. The van der Waals surface area contributed by atoms with Crippen LogP contribution in [0.5, 0.6) is 5.75 Å². The molecule has 2 heterocycles. The highest BCUT2D eigenvalue weighted by Gasteiger charge is 2.11. The maximum Gasteiger partial charge on any atom is 0.433 e. The number of tetrazole rings is 1. The van der Waals surface area contributed by atoms with Gasteiger partial charge in [-0.25, -0.2) is 0 Å². The van der Waals surface area contributed by atoms with Crippen molar-refractivity contribution in [3.8, 4) is 11.4 Å². The fourth-order valence-corrected chi connectivity index (χ4v) is 2.48. The minimum Gasteiger partial charge on any atom is -0.497 e. The first-order chi connectivity index (χ1) is 11.7. The number of furan rings is 1. The summed E-state index contributed by atoms with van der Waals surface area (Å²) in [7, 11) is 1.59. The van der Waals surface area contributed by atoms with Crippen LogP contribution >= 0.6 is 11.8 Å². The topological polar surface area (TPSA) is 109 Å². The van der Waals surface area contributed by atoms with E-state index in [-0.39, 0.29) is 5.88 Å². The van der Waals surface area contributed by atoms with Gasteiger partial charge in [-0.05, 0) is 52.2 Å². The van der Waals surface area contributed by atoms with E-state index in [9.17, 15) is 10.1 Å². The Bertz CT molecular complexity index is 871. The van der Waals surface area contributed by atoms with Gasteiger partial charge in [-0.1, -0.05) is 11.8 Å². The Hall–Kier alpha value is -3.14. The van der Waals surface area contributed by atoms with Gasteiger partial charge in [0.05, 0.1) is 18.9 Å². The third kappa shape index (κ3) is 3.43. The van der Waals surface area contributed by atoms with Crippen LogP contribution in [0.25, 0.3) is 11.8 Å². The summed E-state index contributed by atoms with van der Waals surface area (Å²) < 4.78 is 11.7. The SMILES string of the molecule is COc1ccc(-n2nnnc2S/C=C/c2ccc([N+](=O)[O-])o2)cc1. The first-order valence-electron chi connectivity index (χ1n) is 6.67. The molecule has 0 amide bonds. The van der Waals surface area contributed by atoms with Crippen molar-refractivity contribution in [2.24, 2.45) is 0 Å². The zero-order valence-corrected chi connectivity index (χ0v) is 13.2. The third-order valence-corrected chi connectivity index (χ3v) is 3.69. The van der Waals surface area contributed by atoms with E-state index in [4.69, 9.17) is 9.15 Å². The second-order valence-corrected chi connectivity index (χ2v) is 5.30. The Morgan fingerprint density at radius 3 is 2.75 bits per heavy atom. The van der Waals surface area contributed by atoms with Gasteiger partial charge in [0.15, 0.2) is 0 Å². The molecular weight excluding hydrogens is 334 g/mol. The fraction of sp³-hybridized carbons (Fsp3) is 0.0714. The number of ether oxygens (including phenoxy) is 1. The van der Waals surface area contributed by atoms with Crippen molar-refractivity contribution >= 4 is 23.7 Å². The molecule has 0 aliphatic heterocycles. The molecule has 3 rings (SSSR count). The number of rotatable bonds is 6. The van der Waals surface area contributed by atoms with Crippen molar-refractivity contribution in [3.63, 3.8) is 0 Å². The molecule has 2 aromatic heterocycles. The van der Waals surface area contributed by atoms with Gasteiger partial charge in [0.25, 0.3) is 0 Å². The minimum atomic E-state index is -0.589. The van der Waals surface area contributed by atoms with E-state index in [1.54, 1.807) is 23.3 Å². The Balaban J connectivity index is 1.72. The first kappa shape index (κ1) is 15.7. The van der Waals surface area contributed by atoms with E-state index in [0.29, 0.717) is 10.9 Å². The molecule has 0 bridgehead atoms. The molecule has 9 nitrogen and oxygen atoms in total. The number of methoxy groups -OCH3 is 1. The van der Waals surface area contributed by atoms with Crippen LogP contribution in [0.15, 0.2) is 51.4 Å². The molecule has 0 saturated heterocycles. The van der Waals surface area contributed by atoms with Gasteiger partial charge in [-0.15, -0.1) is 5.10 Å². The van der Waals surface area contributed by atoms with Gasteiger partial charge in [0.1, 0.15) is 16.4 Å². The summed E-state index contributed by atoms with van der Waals surface area (Å²) >= 11 is 1.26. The van der Waals surface area contributed by atoms with Crippen molar-refractivity contribution in [3.05, 3.63) is 57.7 Å². The van der Waals surface area contributed by atoms with E-state index in [1.807, 2.05) is 24.3 Å². The summed E-state index contributed by atoms with van der Waals surface area (Å²) in [6.45, 7) is 0. The van der Waals surface area contributed by atoms with Crippen molar-refractivity contribution in [2.75, 3.05) is 7.11 Å².